The van der Waals surface area contributed by atoms with Gasteiger partial charge in [0.25, 0.3) is 5.56 Å². The van der Waals surface area contributed by atoms with Crippen LogP contribution in [0.1, 0.15) is 25.3 Å². The van der Waals surface area contributed by atoms with Crippen LogP contribution in [0.25, 0.3) is 22.4 Å². The van der Waals surface area contributed by atoms with Gasteiger partial charge in [-0.25, -0.2) is 9.97 Å². The predicted molar refractivity (Wildman–Crippen MR) is 145 cm³/mol. The fourth-order valence-corrected chi connectivity index (χ4v) is 4.04. The highest BCUT2D eigenvalue weighted by atomic mass is 35.5. The first kappa shape index (κ1) is 26.4. The summed E-state index contributed by atoms with van der Waals surface area (Å²) in [6, 6.07) is 12.4. The Hall–Kier alpha value is -3.69. The van der Waals surface area contributed by atoms with Crippen molar-refractivity contribution in [2.45, 2.75) is 32.9 Å². The molecule has 11 heteroatoms. The lowest BCUT2D eigenvalue weighted by atomic mass is 10.1. The highest BCUT2D eigenvalue weighted by Gasteiger charge is 2.16. The van der Waals surface area contributed by atoms with Gasteiger partial charge in [0.15, 0.2) is 5.65 Å². The molecule has 0 saturated heterocycles. The average molecular weight is 541 g/mol. The Morgan fingerprint density at radius 2 is 1.86 bits per heavy atom. The molecule has 0 spiro atoms. The molecule has 0 aliphatic heterocycles. The highest BCUT2D eigenvalue weighted by molar-refractivity contribution is 6.42. The van der Waals surface area contributed by atoms with Crippen LogP contribution < -0.4 is 20.9 Å². The quantitative estimate of drug-likeness (QED) is 0.300. The van der Waals surface area contributed by atoms with Gasteiger partial charge in [-0.2, -0.15) is 4.98 Å². The lowest BCUT2D eigenvalue weighted by molar-refractivity contribution is -0.121. The number of hydrogen-bond acceptors (Lipinski definition) is 7. The summed E-state index contributed by atoms with van der Waals surface area (Å²) < 4.78 is 6.73. The molecule has 37 heavy (non-hydrogen) atoms. The molecule has 192 valence electrons. The van der Waals surface area contributed by atoms with Gasteiger partial charge in [-0.3, -0.25) is 14.2 Å². The third-order valence-electron chi connectivity index (χ3n) is 5.62. The molecule has 4 aromatic rings. The molecule has 0 atom stereocenters. The second kappa shape index (κ2) is 12.0. The molecule has 4 rings (SSSR count). The molecular weight excluding hydrogens is 515 g/mol. The van der Waals surface area contributed by atoms with Crippen LogP contribution in [0, 0.1) is 0 Å². The maximum atomic E-state index is 13.5. The molecule has 0 radical (unpaired) electrons. The van der Waals surface area contributed by atoms with Gasteiger partial charge in [-0.1, -0.05) is 36.2 Å². The van der Waals surface area contributed by atoms with Crippen molar-refractivity contribution in [1.82, 2.24) is 24.8 Å². The molecular formula is C26H26Cl2N6O3. The normalized spacial score (nSPS) is 10.9. The van der Waals surface area contributed by atoms with E-state index in [4.69, 9.17) is 27.9 Å². The van der Waals surface area contributed by atoms with Gasteiger partial charge in [0.1, 0.15) is 17.0 Å². The van der Waals surface area contributed by atoms with E-state index in [1.54, 1.807) is 49.7 Å². The second-order valence-corrected chi connectivity index (χ2v) is 9.06. The molecule has 0 fully saturated rings. The number of halogens is 2. The average Bonchev–Trinajstić information content (AvgIpc) is 2.90. The number of nitrogens with zero attached hydrogens (tertiary/aromatic N) is 4. The van der Waals surface area contributed by atoms with Crippen LogP contribution in [-0.4, -0.2) is 39.1 Å². The number of ether oxygens (including phenoxy) is 1. The zero-order valence-corrected chi connectivity index (χ0v) is 21.9. The molecule has 0 bridgehead atoms. The number of aromatic nitrogens is 4. The van der Waals surface area contributed by atoms with Crippen LogP contribution in [0.5, 0.6) is 5.75 Å². The largest absolute Gasteiger partial charge is 0.497 e. The van der Waals surface area contributed by atoms with Crippen LogP contribution >= 0.6 is 23.2 Å². The summed E-state index contributed by atoms with van der Waals surface area (Å²) in [5, 5.41) is 6.92. The van der Waals surface area contributed by atoms with Crippen molar-refractivity contribution in [2.24, 2.45) is 0 Å². The molecule has 0 aliphatic carbocycles. The molecule has 2 aromatic heterocycles. The summed E-state index contributed by atoms with van der Waals surface area (Å²) in [6.45, 7) is 2.83. The summed E-state index contributed by atoms with van der Waals surface area (Å²) in [5.41, 5.74) is 2.27. The van der Waals surface area contributed by atoms with E-state index < -0.39 is 0 Å². The van der Waals surface area contributed by atoms with E-state index in [0.29, 0.717) is 51.4 Å². The van der Waals surface area contributed by atoms with Crippen molar-refractivity contribution in [3.8, 4) is 17.0 Å². The van der Waals surface area contributed by atoms with Crippen LogP contribution in [0.2, 0.25) is 10.0 Å². The van der Waals surface area contributed by atoms with Gasteiger partial charge in [-0.15, -0.1) is 0 Å². The second-order valence-electron chi connectivity index (χ2n) is 8.25. The Kier molecular flexibility index (Phi) is 8.58. The van der Waals surface area contributed by atoms with Crippen LogP contribution in [0.15, 0.2) is 53.5 Å². The first-order valence-electron chi connectivity index (χ1n) is 11.8. The Bertz CT molecular complexity index is 1470. The smallest absolute Gasteiger partial charge is 0.278 e. The Balaban J connectivity index is 1.68. The molecule has 2 N–H and O–H groups in total. The number of nitrogens with one attached hydrogen (secondary N) is 2. The zero-order valence-electron chi connectivity index (χ0n) is 20.4. The number of benzene rings is 2. The van der Waals surface area contributed by atoms with E-state index >= 15 is 0 Å². The van der Waals surface area contributed by atoms with E-state index in [9.17, 15) is 9.59 Å². The van der Waals surface area contributed by atoms with E-state index in [0.717, 1.165) is 12.0 Å². The Morgan fingerprint density at radius 1 is 1.08 bits per heavy atom. The van der Waals surface area contributed by atoms with Crippen LogP contribution in [-0.2, 0) is 17.9 Å². The minimum absolute atomic E-state index is 0.0668. The Labute approximate surface area is 223 Å². The number of fused-ring (bicyclic) bond motifs is 1. The molecule has 2 heterocycles. The standard InChI is InChI=1S/C26H26Cl2N6O3/c1-3-4-22(35)29-11-12-34-24-21(32-23(25(34)36)17-6-8-18(37-2)9-7-17)15-31-26(33-24)30-14-16-5-10-19(27)20(28)13-16/h5-10,13,15H,3-4,11-12,14H2,1-2H3,(H,29,35)(H,30,31,33). The number of carbonyl (C=O) groups excluding carboxylic acids is 1. The zero-order chi connectivity index (χ0) is 26.4. The third-order valence-corrected chi connectivity index (χ3v) is 6.36. The number of amides is 1. The first-order chi connectivity index (χ1) is 17.9. The summed E-state index contributed by atoms with van der Waals surface area (Å²) >= 11 is 12.1. The van der Waals surface area contributed by atoms with Crippen LogP contribution in [0.3, 0.4) is 0 Å². The van der Waals surface area contributed by atoms with Crippen molar-refractivity contribution >= 4 is 46.2 Å². The summed E-state index contributed by atoms with van der Waals surface area (Å²) in [5.74, 6) is 0.924. The van der Waals surface area contributed by atoms with Gasteiger partial charge in [0.2, 0.25) is 11.9 Å². The Morgan fingerprint density at radius 3 is 2.57 bits per heavy atom. The summed E-state index contributed by atoms with van der Waals surface area (Å²) in [7, 11) is 1.58. The summed E-state index contributed by atoms with van der Waals surface area (Å²) in [4.78, 5) is 39.0. The number of methoxy groups -OCH3 is 1. The predicted octanol–water partition coefficient (Wildman–Crippen LogP) is 4.70. The van der Waals surface area contributed by atoms with E-state index in [2.05, 4.69) is 25.6 Å². The molecule has 0 aliphatic rings. The lowest BCUT2D eigenvalue weighted by Crippen LogP contribution is -2.32. The van der Waals surface area contributed by atoms with E-state index in [1.165, 1.54) is 4.57 Å². The molecule has 1 amide bonds. The van der Waals surface area contributed by atoms with Gasteiger partial charge in [0, 0.05) is 31.6 Å². The molecule has 0 saturated carbocycles. The number of anilines is 1. The fraction of sp³-hybridized carbons (Fsp3) is 0.269. The number of rotatable bonds is 10. The minimum atomic E-state index is -0.323. The van der Waals surface area contributed by atoms with Gasteiger partial charge in [0.05, 0.1) is 23.4 Å². The maximum Gasteiger partial charge on any atom is 0.278 e. The molecule has 9 nitrogen and oxygen atoms in total. The van der Waals surface area contributed by atoms with Crippen molar-refractivity contribution in [3.63, 3.8) is 0 Å². The van der Waals surface area contributed by atoms with Gasteiger partial charge >= 0.3 is 0 Å². The van der Waals surface area contributed by atoms with Crippen molar-refractivity contribution in [1.29, 1.82) is 0 Å². The topological polar surface area (TPSA) is 111 Å². The maximum absolute atomic E-state index is 13.5. The minimum Gasteiger partial charge on any atom is -0.497 e. The summed E-state index contributed by atoms with van der Waals surface area (Å²) in [6.07, 6.45) is 2.73. The molecule has 2 aromatic carbocycles. The van der Waals surface area contributed by atoms with Crippen molar-refractivity contribution in [2.75, 3.05) is 19.0 Å². The van der Waals surface area contributed by atoms with E-state index in [1.807, 2.05) is 13.0 Å². The van der Waals surface area contributed by atoms with Gasteiger partial charge < -0.3 is 15.4 Å². The fourth-order valence-electron chi connectivity index (χ4n) is 3.72. The highest BCUT2D eigenvalue weighted by Crippen LogP contribution is 2.23. The van der Waals surface area contributed by atoms with Crippen LogP contribution in [0.4, 0.5) is 5.95 Å². The lowest BCUT2D eigenvalue weighted by Gasteiger charge is -2.14. The van der Waals surface area contributed by atoms with Crippen molar-refractivity contribution < 1.29 is 9.53 Å². The molecule has 0 unspecified atom stereocenters. The van der Waals surface area contributed by atoms with Gasteiger partial charge in [-0.05, 0) is 48.4 Å². The monoisotopic (exact) mass is 540 g/mol. The third kappa shape index (κ3) is 6.36. The number of hydrogen-bond donors (Lipinski definition) is 2. The first-order valence-corrected chi connectivity index (χ1v) is 12.5. The van der Waals surface area contributed by atoms with E-state index in [-0.39, 0.29) is 30.2 Å². The SMILES string of the molecule is CCCC(=O)NCCn1c(=O)c(-c2ccc(OC)cc2)nc2cnc(NCc3ccc(Cl)c(Cl)c3)nc21. The number of carbonyl (C=O) groups is 1. The van der Waals surface area contributed by atoms with Crippen molar-refractivity contribution in [3.05, 3.63) is 74.6 Å².